The van der Waals surface area contributed by atoms with Crippen molar-refractivity contribution >= 4 is 33.3 Å². The smallest absolute Gasteiger partial charge is 0.323 e. The molecule has 174 valence electrons. The van der Waals surface area contributed by atoms with Gasteiger partial charge in [-0.25, -0.2) is 0 Å². The lowest BCUT2D eigenvalue weighted by Gasteiger charge is -2.45. The zero-order chi connectivity index (χ0) is 24.3. The number of ketones is 1. The first-order valence-corrected chi connectivity index (χ1v) is 12.5. The van der Waals surface area contributed by atoms with Crippen LogP contribution in [0.3, 0.4) is 0 Å². The molecule has 0 N–H and O–H groups in total. The Kier molecular flexibility index (Phi) is 4.62. The van der Waals surface area contributed by atoms with E-state index in [1.165, 1.54) is 0 Å². The molecule has 5 aromatic rings. The van der Waals surface area contributed by atoms with Crippen LogP contribution >= 0.6 is 0 Å². The van der Waals surface area contributed by atoms with Gasteiger partial charge in [0.2, 0.25) is 0 Å². The number of benzene rings is 5. The fourth-order valence-corrected chi connectivity index (χ4v) is 6.77. The molecule has 0 amide bonds. The number of fused-ring (bicyclic) bond motifs is 4. The largest absolute Gasteiger partial charge is 0.426 e. The van der Waals surface area contributed by atoms with E-state index in [1.54, 1.807) is 0 Å². The molecule has 1 spiro atoms. The number of hydrogen-bond acceptors (Lipinski definition) is 3. The maximum Gasteiger partial charge on any atom is 0.323 e. The van der Waals surface area contributed by atoms with Crippen molar-refractivity contribution in [3.8, 4) is 5.75 Å². The van der Waals surface area contributed by atoms with Crippen LogP contribution in [-0.2, 0) is 15.0 Å². The summed E-state index contributed by atoms with van der Waals surface area (Å²) in [5.41, 5.74) is 1.94. The molecule has 7 rings (SSSR count). The lowest BCUT2D eigenvalue weighted by atomic mass is 9.53. The van der Waals surface area contributed by atoms with Crippen molar-refractivity contribution < 1.29 is 14.3 Å². The Morgan fingerprint density at radius 2 is 1.08 bits per heavy atom. The number of Topliss-reactive ketones (excluding diaryl/α,β-unsaturated/α-hetero) is 1. The van der Waals surface area contributed by atoms with Gasteiger partial charge in [0, 0.05) is 30.2 Å². The number of ether oxygens (including phenoxy) is 1. The van der Waals surface area contributed by atoms with Gasteiger partial charge in [-0.3, -0.25) is 9.59 Å². The predicted octanol–water partition coefficient (Wildman–Crippen LogP) is 7.08. The summed E-state index contributed by atoms with van der Waals surface area (Å²) in [6, 6.07) is 36.6. The summed E-state index contributed by atoms with van der Waals surface area (Å²) in [6.45, 7) is 0. The zero-order valence-electron chi connectivity index (χ0n) is 19.7. The number of hydrogen-bond donors (Lipinski definition) is 0. The van der Waals surface area contributed by atoms with Gasteiger partial charge in [0.15, 0.2) is 0 Å². The topological polar surface area (TPSA) is 43.4 Å². The van der Waals surface area contributed by atoms with Crippen LogP contribution < -0.4 is 4.74 Å². The molecule has 36 heavy (non-hydrogen) atoms. The maximum atomic E-state index is 14.2. The van der Waals surface area contributed by atoms with Crippen molar-refractivity contribution in [2.45, 2.75) is 30.1 Å². The molecule has 2 aliphatic rings. The Labute approximate surface area is 209 Å². The van der Waals surface area contributed by atoms with Gasteiger partial charge in [-0.2, -0.15) is 0 Å². The van der Waals surface area contributed by atoms with E-state index in [1.807, 2.05) is 60.7 Å². The first kappa shape index (κ1) is 21.1. The van der Waals surface area contributed by atoms with Crippen LogP contribution in [0.2, 0.25) is 0 Å². The second kappa shape index (κ2) is 7.89. The van der Waals surface area contributed by atoms with E-state index in [-0.39, 0.29) is 23.6 Å². The molecular weight excluding hydrogens is 444 g/mol. The Morgan fingerprint density at radius 3 is 1.69 bits per heavy atom. The molecule has 1 aliphatic heterocycles. The average molecular weight is 469 g/mol. The third-order valence-electron chi connectivity index (χ3n) is 8.23. The third-order valence-corrected chi connectivity index (χ3v) is 8.23. The minimum atomic E-state index is -1.00. The number of para-hydroxylation sites is 1. The Balaban J connectivity index is 1.57. The van der Waals surface area contributed by atoms with Crippen LogP contribution in [0.5, 0.6) is 5.75 Å². The molecule has 0 bridgehead atoms. The monoisotopic (exact) mass is 468 g/mol. The number of esters is 1. The SMILES string of the molecule is O=C1C[C@H](c2cccc3ccccc23)C2(C(=O)Oc3ccccc32)[C@@H](c2cccc3ccccc23)C1. The average Bonchev–Trinajstić information content (AvgIpc) is 3.21. The van der Waals surface area contributed by atoms with Crippen molar-refractivity contribution in [3.05, 3.63) is 126 Å². The summed E-state index contributed by atoms with van der Waals surface area (Å²) in [4.78, 5) is 27.7. The Morgan fingerprint density at radius 1 is 0.583 bits per heavy atom. The van der Waals surface area contributed by atoms with E-state index in [0.29, 0.717) is 18.6 Å². The minimum absolute atomic E-state index is 0.175. The predicted molar refractivity (Wildman–Crippen MR) is 141 cm³/mol. The first-order valence-electron chi connectivity index (χ1n) is 12.5. The highest BCUT2D eigenvalue weighted by atomic mass is 16.5. The van der Waals surface area contributed by atoms with Gasteiger partial charge in [-0.1, -0.05) is 103 Å². The van der Waals surface area contributed by atoms with E-state index in [9.17, 15) is 9.59 Å². The fourth-order valence-electron chi connectivity index (χ4n) is 6.77. The van der Waals surface area contributed by atoms with Crippen molar-refractivity contribution in [2.24, 2.45) is 0 Å². The molecular formula is C33H24O3. The molecule has 0 radical (unpaired) electrons. The van der Waals surface area contributed by atoms with E-state index in [2.05, 4.69) is 48.5 Å². The zero-order valence-corrected chi connectivity index (χ0v) is 19.7. The van der Waals surface area contributed by atoms with Crippen molar-refractivity contribution in [1.82, 2.24) is 0 Å². The van der Waals surface area contributed by atoms with Crippen LogP contribution in [0, 0.1) is 0 Å². The Hall–Kier alpha value is -4.24. The van der Waals surface area contributed by atoms with Crippen LogP contribution in [0.15, 0.2) is 109 Å². The van der Waals surface area contributed by atoms with E-state index in [0.717, 1.165) is 38.2 Å². The normalized spacial score (nSPS) is 20.6. The number of carbonyl (C=O) groups excluding carboxylic acids is 2. The number of carbonyl (C=O) groups is 2. The van der Waals surface area contributed by atoms with Gasteiger partial charge in [0.25, 0.3) is 0 Å². The van der Waals surface area contributed by atoms with Gasteiger partial charge in [0.1, 0.15) is 16.9 Å². The summed E-state index contributed by atoms with van der Waals surface area (Å²) >= 11 is 0. The molecule has 1 heterocycles. The molecule has 1 fully saturated rings. The van der Waals surface area contributed by atoms with E-state index in [4.69, 9.17) is 4.74 Å². The van der Waals surface area contributed by atoms with Crippen LogP contribution in [0.1, 0.15) is 41.4 Å². The van der Waals surface area contributed by atoms with E-state index < -0.39 is 5.41 Å². The molecule has 0 unspecified atom stereocenters. The molecule has 1 saturated carbocycles. The summed E-state index contributed by atoms with van der Waals surface area (Å²) in [6.07, 6.45) is 0.609. The van der Waals surface area contributed by atoms with Crippen LogP contribution in [0.25, 0.3) is 21.5 Å². The summed E-state index contributed by atoms with van der Waals surface area (Å²) < 4.78 is 6.01. The van der Waals surface area contributed by atoms with Gasteiger partial charge < -0.3 is 4.74 Å². The maximum absolute atomic E-state index is 14.2. The number of rotatable bonds is 2. The lowest BCUT2D eigenvalue weighted by molar-refractivity contribution is -0.142. The lowest BCUT2D eigenvalue weighted by Crippen LogP contribution is -2.50. The third kappa shape index (κ3) is 2.86. The molecule has 3 nitrogen and oxygen atoms in total. The van der Waals surface area contributed by atoms with Crippen molar-refractivity contribution in [2.75, 3.05) is 0 Å². The highest BCUT2D eigenvalue weighted by molar-refractivity contribution is 6.00. The summed E-state index contributed by atoms with van der Waals surface area (Å²) in [5, 5.41) is 4.36. The highest BCUT2D eigenvalue weighted by Crippen LogP contribution is 2.61. The van der Waals surface area contributed by atoms with Gasteiger partial charge in [-0.05, 0) is 38.7 Å². The highest BCUT2D eigenvalue weighted by Gasteiger charge is 2.62. The van der Waals surface area contributed by atoms with Crippen LogP contribution in [0.4, 0.5) is 0 Å². The van der Waals surface area contributed by atoms with E-state index >= 15 is 0 Å². The quantitative estimate of drug-likeness (QED) is 0.205. The van der Waals surface area contributed by atoms with Gasteiger partial charge in [0.05, 0.1) is 0 Å². The Bertz CT molecular complexity index is 1580. The van der Waals surface area contributed by atoms with Crippen molar-refractivity contribution in [1.29, 1.82) is 0 Å². The molecule has 3 heteroatoms. The summed E-state index contributed by atoms with van der Waals surface area (Å²) in [7, 11) is 0. The minimum Gasteiger partial charge on any atom is -0.426 e. The second-order valence-corrected chi connectivity index (χ2v) is 9.94. The van der Waals surface area contributed by atoms with Gasteiger partial charge in [-0.15, -0.1) is 0 Å². The molecule has 0 saturated heterocycles. The second-order valence-electron chi connectivity index (χ2n) is 9.94. The fraction of sp³-hybridized carbons (Fsp3) is 0.152. The molecule has 0 aromatic heterocycles. The molecule has 1 aliphatic carbocycles. The van der Waals surface area contributed by atoms with Crippen LogP contribution in [-0.4, -0.2) is 11.8 Å². The molecule has 5 aromatic carbocycles. The standard InChI is InChI=1S/C33H24O3/c34-23-19-29(26-15-7-11-21-9-1-3-13-24(21)26)33(28-17-5-6-18-31(28)36-32(33)35)30(20-23)27-16-8-12-22-10-2-4-14-25(22)27/h1-18,29-30H,19-20H2/t29-,30-/m1/s1. The first-order chi connectivity index (χ1) is 17.7. The van der Waals surface area contributed by atoms with Crippen molar-refractivity contribution in [3.63, 3.8) is 0 Å². The summed E-state index contributed by atoms with van der Waals surface area (Å²) in [5.74, 6) is -0.164. The molecule has 2 atom stereocenters. The van der Waals surface area contributed by atoms with Gasteiger partial charge >= 0.3 is 5.97 Å².